The molecule has 3 nitrogen and oxygen atoms in total. The molecule has 15 heavy (non-hydrogen) atoms. The summed E-state index contributed by atoms with van der Waals surface area (Å²) in [4.78, 5) is 11.7. The molecule has 0 saturated carbocycles. The molecule has 1 amide bonds. The molecule has 3 heteroatoms. The third-order valence-corrected chi connectivity index (χ3v) is 2.71. The van der Waals surface area contributed by atoms with Crippen LogP contribution in [0.5, 0.6) is 0 Å². The van der Waals surface area contributed by atoms with Crippen molar-refractivity contribution in [1.29, 1.82) is 0 Å². The first-order valence-electron chi connectivity index (χ1n) is 5.64. The van der Waals surface area contributed by atoms with Gasteiger partial charge in [0.15, 0.2) is 0 Å². The van der Waals surface area contributed by atoms with Crippen molar-refractivity contribution < 1.29 is 4.79 Å². The van der Waals surface area contributed by atoms with Crippen LogP contribution in [0, 0.1) is 17.8 Å². The zero-order valence-corrected chi connectivity index (χ0v) is 9.60. The number of hydrogen-bond acceptors (Lipinski definition) is 2. The van der Waals surface area contributed by atoms with Crippen LogP contribution < -0.4 is 10.6 Å². The van der Waals surface area contributed by atoms with Gasteiger partial charge in [-0.2, -0.15) is 0 Å². The highest BCUT2D eigenvalue weighted by atomic mass is 16.2. The van der Waals surface area contributed by atoms with Gasteiger partial charge in [-0.3, -0.25) is 4.79 Å². The quantitative estimate of drug-likeness (QED) is 0.534. The van der Waals surface area contributed by atoms with Gasteiger partial charge in [-0.05, 0) is 32.2 Å². The Morgan fingerprint density at radius 1 is 1.60 bits per heavy atom. The van der Waals surface area contributed by atoms with Crippen LogP contribution in [0.4, 0.5) is 0 Å². The predicted molar refractivity (Wildman–Crippen MR) is 61.3 cm³/mol. The van der Waals surface area contributed by atoms with E-state index in [1.165, 1.54) is 6.42 Å². The fraction of sp³-hybridized carbons (Fsp3) is 0.750. The lowest BCUT2D eigenvalue weighted by molar-refractivity contribution is -0.123. The number of nitrogens with one attached hydrogen (secondary N) is 2. The molecular formula is C12H20N2O. The first-order chi connectivity index (χ1) is 7.24. The maximum absolute atomic E-state index is 11.7. The molecule has 0 radical (unpaired) electrons. The molecular weight excluding hydrogens is 188 g/mol. The summed E-state index contributed by atoms with van der Waals surface area (Å²) in [5.41, 5.74) is 0. The van der Waals surface area contributed by atoms with Crippen molar-refractivity contribution in [3.63, 3.8) is 0 Å². The van der Waals surface area contributed by atoms with E-state index in [0.717, 1.165) is 19.4 Å². The van der Waals surface area contributed by atoms with Crippen LogP contribution in [-0.2, 0) is 4.79 Å². The number of rotatable bonds is 3. The average Bonchev–Trinajstić information content (AvgIpc) is 2.24. The smallest absolute Gasteiger partial charge is 0.237 e. The third-order valence-electron chi connectivity index (χ3n) is 2.71. The third kappa shape index (κ3) is 4.35. The van der Waals surface area contributed by atoms with Gasteiger partial charge in [0.1, 0.15) is 0 Å². The van der Waals surface area contributed by atoms with Crippen molar-refractivity contribution in [1.82, 2.24) is 10.6 Å². The standard InChI is InChI=1S/C12H20N2O/c1-3-4-5-7-14-12(15)11-9-10(2)6-8-13-11/h10-11,13H,5-9H2,1-2H3,(H,14,15). The minimum Gasteiger partial charge on any atom is -0.354 e. The van der Waals surface area contributed by atoms with Crippen molar-refractivity contribution in [3.05, 3.63) is 0 Å². The molecule has 1 aliphatic heterocycles. The first kappa shape index (κ1) is 12.1. The molecule has 0 aromatic rings. The second-order valence-corrected chi connectivity index (χ2v) is 4.10. The molecule has 2 atom stereocenters. The molecule has 1 heterocycles. The van der Waals surface area contributed by atoms with Crippen molar-refractivity contribution in [2.45, 2.75) is 39.2 Å². The average molecular weight is 208 g/mol. The largest absolute Gasteiger partial charge is 0.354 e. The van der Waals surface area contributed by atoms with Crippen molar-refractivity contribution in [2.24, 2.45) is 5.92 Å². The Kier molecular flexibility index (Phi) is 5.20. The minimum atomic E-state index is 0.00309. The summed E-state index contributed by atoms with van der Waals surface area (Å²) >= 11 is 0. The van der Waals surface area contributed by atoms with Gasteiger partial charge < -0.3 is 10.6 Å². The van der Waals surface area contributed by atoms with Gasteiger partial charge in [0.05, 0.1) is 6.04 Å². The van der Waals surface area contributed by atoms with Crippen LogP contribution in [-0.4, -0.2) is 25.0 Å². The van der Waals surface area contributed by atoms with E-state index in [1.807, 2.05) is 6.92 Å². The van der Waals surface area contributed by atoms with Crippen LogP contribution in [0.25, 0.3) is 0 Å². The minimum absolute atomic E-state index is 0.00309. The highest BCUT2D eigenvalue weighted by Crippen LogP contribution is 2.14. The zero-order valence-electron chi connectivity index (χ0n) is 9.60. The van der Waals surface area contributed by atoms with Gasteiger partial charge in [0.25, 0.3) is 0 Å². The lowest BCUT2D eigenvalue weighted by Crippen LogP contribution is -2.48. The zero-order chi connectivity index (χ0) is 11.1. The normalized spacial score (nSPS) is 25.2. The Labute approximate surface area is 92.0 Å². The summed E-state index contributed by atoms with van der Waals surface area (Å²) in [5.74, 6) is 6.52. The summed E-state index contributed by atoms with van der Waals surface area (Å²) in [6, 6.07) is 0.00309. The van der Waals surface area contributed by atoms with E-state index in [1.54, 1.807) is 0 Å². The van der Waals surface area contributed by atoms with Crippen molar-refractivity contribution in [3.8, 4) is 11.8 Å². The molecule has 2 unspecified atom stereocenters. The number of carbonyl (C=O) groups is 1. The summed E-state index contributed by atoms with van der Waals surface area (Å²) in [5, 5.41) is 6.15. The van der Waals surface area contributed by atoms with E-state index >= 15 is 0 Å². The Balaban J connectivity index is 2.22. The monoisotopic (exact) mass is 208 g/mol. The van der Waals surface area contributed by atoms with Crippen LogP contribution in [0.15, 0.2) is 0 Å². The molecule has 0 aliphatic carbocycles. The number of amides is 1. The maximum atomic E-state index is 11.7. The van der Waals surface area contributed by atoms with Crippen LogP contribution in [0.1, 0.15) is 33.1 Å². The lowest BCUT2D eigenvalue weighted by atomic mass is 9.94. The van der Waals surface area contributed by atoms with E-state index in [9.17, 15) is 4.79 Å². The maximum Gasteiger partial charge on any atom is 0.237 e. The Morgan fingerprint density at radius 3 is 3.07 bits per heavy atom. The molecule has 84 valence electrons. The molecule has 0 aromatic carbocycles. The van der Waals surface area contributed by atoms with Crippen LogP contribution >= 0.6 is 0 Å². The molecule has 1 saturated heterocycles. The number of hydrogen-bond donors (Lipinski definition) is 2. The Bertz CT molecular complexity index is 265. The topological polar surface area (TPSA) is 41.1 Å². The highest BCUT2D eigenvalue weighted by molar-refractivity contribution is 5.81. The predicted octanol–water partition coefficient (Wildman–Crippen LogP) is 0.904. The van der Waals surface area contributed by atoms with Gasteiger partial charge in [-0.1, -0.05) is 6.92 Å². The Hall–Kier alpha value is -1.01. The number of piperidine rings is 1. The van der Waals surface area contributed by atoms with Crippen molar-refractivity contribution >= 4 is 5.91 Å². The van der Waals surface area contributed by atoms with Crippen LogP contribution in [0.3, 0.4) is 0 Å². The second kappa shape index (κ2) is 6.47. The Morgan fingerprint density at radius 2 is 2.40 bits per heavy atom. The van der Waals surface area contributed by atoms with E-state index in [4.69, 9.17) is 0 Å². The molecule has 0 spiro atoms. The van der Waals surface area contributed by atoms with Gasteiger partial charge in [-0.15, -0.1) is 11.8 Å². The molecule has 1 fully saturated rings. The summed E-state index contributed by atoms with van der Waals surface area (Å²) in [6.45, 7) is 5.62. The molecule has 0 bridgehead atoms. The SMILES string of the molecule is CC#CCCNC(=O)C1CC(C)CCN1. The molecule has 1 aliphatic rings. The van der Waals surface area contributed by atoms with E-state index < -0.39 is 0 Å². The van der Waals surface area contributed by atoms with E-state index in [-0.39, 0.29) is 11.9 Å². The van der Waals surface area contributed by atoms with Crippen LogP contribution in [0.2, 0.25) is 0 Å². The van der Waals surface area contributed by atoms with Gasteiger partial charge in [0.2, 0.25) is 5.91 Å². The van der Waals surface area contributed by atoms with E-state index in [2.05, 4.69) is 29.4 Å². The summed E-state index contributed by atoms with van der Waals surface area (Å²) in [6.07, 6.45) is 2.86. The fourth-order valence-corrected chi connectivity index (χ4v) is 1.80. The van der Waals surface area contributed by atoms with E-state index in [0.29, 0.717) is 12.5 Å². The molecule has 0 aromatic heterocycles. The molecule has 1 rings (SSSR count). The lowest BCUT2D eigenvalue weighted by Gasteiger charge is -2.27. The van der Waals surface area contributed by atoms with Gasteiger partial charge >= 0.3 is 0 Å². The number of carbonyl (C=O) groups excluding carboxylic acids is 1. The van der Waals surface area contributed by atoms with Gasteiger partial charge in [-0.25, -0.2) is 0 Å². The van der Waals surface area contributed by atoms with Gasteiger partial charge in [0, 0.05) is 13.0 Å². The second-order valence-electron chi connectivity index (χ2n) is 4.10. The summed E-state index contributed by atoms with van der Waals surface area (Å²) < 4.78 is 0. The molecule has 2 N–H and O–H groups in total. The first-order valence-corrected chi connectivity index (χ1v) is 5.64. The van der Waals surface area contributed by atoms with Crippen molar-refractivity contribution in [2.75, 3.05) is 13.1 Å². The highest BCUT2D eigenvalue weighted by Gasteiger charge is 2.23. The summed E-state index contributed by atoms with van der Waals surface area (Å²) in [7, 11) is 0. The fourth-order valence-electron chi connectivity index (χ4n) is 1.80.